The topological polar surface area (TPSA) is 52.6 Å². The van der Waals surface area contributed by atoms with Crippen molar-refractivity contribution in [2.75, 3.05) is 0 Å². The highest BCUT2D eigenvalue weighted by molar-refractivity contribution is 5.74. The van der Waals surface area contributed by atoms with Crippen LogP contribution >= 0.6 is 0 Å². The highest BCUT2D eigenvalue weighted by atomic mass is 16.6. The molecule has 2 aliphatic rings. The Hall–Kier alpha value is -1.06. The molecule has 3 atom stereocenters. The number of ether oxygens (including phenoxy) is 2. The molecule has 4 heteroatoms. The van der Waals surface area contributed by atoms with Crippen LogP contribution in [0.4, 0.5) is 0 Å². The Morgan fingerprint density at radius 1 is 1.36 bits per heavy atom. The van der Waals surface area contributed by atoms with Gasteiger partial charge in [0.15, 0.2) is 0 Å². The molecule has 3 unspecified atom stereocenters. The first kappa shape index (κ1) is 9.49. The lowest BCUT2D eigenvalue weighted by Crippen LogP contribution is -2.38. The summed E-state index contributed by atoms with van der Waals surface area (Å²) in [5.74, 6) is -0.341. The number of cyclic esters (lactones) is 2. The molecule has 0 N–H and O–H groups in total. The van der Waals surface area contributed by atoms with E-state index in [0.29, 0.717) is 19.3 Å². The Morgan fingerprint density at radius 2 is 2.07 bits per heavy atom. The molecule has 2 heterocycles. The van der Waals surface area contributed by atoms with E-state index in [0.717, 1.165) is 0 Å². The second kappa shape index (κ2) is 2.97. The first-order valence-electron chi connectivity index (χ1n) is 4.92. The van der Waals surface area contributed by atoms with Crippen molar-refractivity contribution in [1.29, 1.82) is 0 Å². The molecule has 2 aliphatic heterocycles. The van der Waals surface area contributed by atoms with Crippen molar-refractivity contribution in [3.8, 4) is 0 Å². The Kier molecular flexibility index (Phi) is 2.01. The maximum Gasteiger partial charge on any atom is 0.306 e. The van der Waals surface area contributed by atoms with Gasteiger partial charge in [0.05, 0.1) is 6.42 Å². The zero-order chi connectivity index (χ0) is 10.3. The van der Waals surface area contributed by atoms with Gasteiger partial charge >= 0.3 is 11.9 Å². The van der Waals surface area contributed by atoms with Gasteiger partial charge in [-0.3, -0.25) is 9.59 Å². The molecule has 14 heavy (non-hydrogen) atoms. The van der Waals surface area contributed by atoms with Crippen LogP contribution < -0.4 is 0 Å². The van der Waals surface area contributed by atoms with Crippen molar-refractivity contribution in [2.24, 2.45) is 5.92 Å². The highest BCUT2D eigenvalue weighted by Crippen LogP contribution is 2.40. The van der Waals surface area contributed by atoms with E-state index >= 15 is 0 Å². The van der Waals surface area contributed by atoms with E-state index in [4.69, 9.17) is 9.47 Å². The first-order chi connectivity index (χ1) is 6.51. The third-order valence-corrected chi connectivity index (χ3v) is 3.23. The van der Waals surface area contributed by atoms with Gasteiger partial charge in [-0.2, -0.15) is 0 Å². The largest absolute Gasteiger partial charge is 0.462 e. The van der Waals surface area contributed by atoms with Crippen molar-refractivity contribution >= 4 is 11.9 Å². The summed E-state index contributed by atoms with van der Waals surface area (Å²) < 4.78 is 10.3. The van der Waals surface area contributed by atoms with E-state index in [1.165, 1.54) is 0 Å². The molecule has 0 bridgehead atoms. The van der Waals surface area contributed by atoms with Gasteiger partial charge in [0.25, 0.3) is 0 Å². The summed E-state index contributed by atoms with van der Waals surface area (Å²) in [6.07, 6.45) is 1.37. The second-order valence-electron chi connectivity index (χ2n) is 4.29. The maximum absolute atomic E-state index is 11.1. The van der Waals surface area contributed by atoms with Gasteiger partial charge in [0.2, 0.25) is 0 Å². The third kappa shape index (κ3) is 1.38. The average molecular weight is 198 g/mol. The molecule has 4 nitrogen and oxygen atoms in total. The Bertz CT molecular complexity index is 286. The number of carbonyl (C=O) groups excluding carboxylic acids is 2. The van der Waals surface area contributed by atoms with Crippen LogP contribution in [0.25, 0.3) is 0 Å². The van der Waals surface area contributed by atoms with Crippen LogP contribution in [0.1, 0.15) is 33.1 Å². The molecule has 0 radical (unpaired) electrons. The monoisotopic (exact) mass is 198 g/mol. The molecule has 0 aromatic heterocycles. The summed E-state index contributed by atoms with van der Waals surface area (Å²) in [4.78, 5) is 22.1. The fourth-order valence-corrected chi connectivity index (χ4v) is 2.37. The van der Waals surface area contributed by atoms with Crippen molar-refractivity contribution in [3.05, 3.63) is 0 Å². The van der Waals surface area contributed by atoms with Crippen LogP contribution in [0.3, 0.4) is 0 Å². The van der Waals surface area contributed by atoms with Gasteiger partial charge < -0.3 is 9.47 Å². The van der Waals surface area contributed by atoms with Gasteiger partial charge in [-0.15, -0.1) is 0 Å². The summed E-state index contributed by atoms with van der Waals surface area (Å²) in [5.41, 5.74) is -0.497. The summed E-state index contributed by atoms with van der Waals surface area (Å²) >= 11 is 0. The Balaban J connectivity index is 2.14. The van der Waals surface area contributed by atoms with E-state index in [1.807, 2.05) is 13.8 Å². The summed E-state index contributed by atoms with van der Waals surface area (Å²) in [6, 6.07) is 0. The van der Waals surface area contributed by atoms with Crippen molar-refractivity contribution in [1.82, 2.24) is 0 Å². The molecule has 2 fully saturated rings. The molecule has 0 spiro atoms. The Morgan fingerprint density at radius 3 is 2.50 bits per heavy atom. The van der Waals surface area contributed by atoms with E-state index in [-0.39, 0.29) is 24.0 Å². The molecule has 2 saturated heterocycles. The van der Waals surface area contributed by atoms with Gasteiger partial charge in [-0.25, -0.2) is 0 Å². The van der Waals surface area contributed by atoms with Gasteiger partial charge in [0, 0.05) is 12.3 Å². The number of rotatable bonds is 1. The van der Waals surface area contributed by atoms with E-state index in [1.54, 1.807) is 0 Å². The highest BCUT2D eigenvalue weighted by Gasteiger charge is 2.50. The minimum Gasteiger partial charge on any atom is -0.462 e. The van der Waals surface area contributed by atoms with Gasteiger partial charge in [-0.05, 0) is 20.3 Å². The molecule has 78 valence electrons. The third-order valence-electron chi connectivity index (χ3n) is 3.23. The molecular weight excluding hydrogens is 184 g/mol. The summed E-state index contributed by atoms with van der Waals surface area (Å²) in [6.45, 7) is 3.74. The van der Waals surface area contributed by atoms with Gasteiger partial charge in [-0.1, -0.05) is 0 Å². The maximum atomic E-state index is 11.1. The number of hydrogen-bond acceptors (Lipinski definition) is 4. The molecule has 0 aromatic carbocycles. The predicted molar refractivity (Wildman–Crippen MR) is 47.4 cm³/mol. The minimum absolute atomic E-state index is 0.0152. The van der Waals surface area contributed by atoms with Crippen LogP contribution in [0.2, 0.25) is 0 Å². The van der Waals surface area contributed by atoms with Crippen LogP contribution in [0.15, 0.2) is 0 Å². The molecule has 2 rings (SSSR count). The summed E-state index contributed by atoms with van der Waals surface area (Å²) in [7, 11) is 0. The Labute approximate surface area is 82.6 Å². The molecular formula is C10H14O4. The number of carbonyl (C=O) groups is 2. The van der Waals surface area contributed by atoms with Crippen molar-refractivity contribution in [3.63, 3.8) is 0 Å². The van der Waals surface area contributed by atoms with Crippen LogP contribution in [-0.2, 0) is 19.1 Å². The van der Waals surface area contributed by atoms with Crippen molar-refractivity contribution in [2.45, 2.75) is 44.8 Å². The lowest BCUT2D eigenvalue weighted by atomic mass is 9.82. The molecule has 0 amide bonds. The zero-order valence-corrected chi connectivity index (χ0v) is 8.41. The van der Waals surface area contributed by atoms with Crippen molar-refractivity contribution < 1.29 is 19.1 Å². The lowest BCUT2D eigenvalue weighted by molar-refractivity contribution is -0.152. The fraction of sp³-hybridized carbons (Fsp3) is 0.800. The quantitative estimate of drug-likeness (QED) is 0.590. The number of hydrogen-bond donors (Lipinski definition) is 0. The lowest BCUT2D eigenvalue weighted by Gasteiger charge is -2.30. The molecule has 0 saturated carbocycles. The van der Waals surface area contributed by atoms with Crippen LogP contribution in [0, 0.1) is 5.92 Å². The zero-order valence-electron chi connectivity index (χ0n) is 8.41. The van der Waals surface area contributed by atoms with Crippen LogP contribution in [0.5, 0.6) is 0 Å². The normalized spacial score (nSPS) is 42.4. The first-order valence-corrected chi connectivity index (χ1v) is 4.92. The fourth-order valence-electron chi connectivity index (χ4n) is 2.37. The number of esters is 2. The van der Waals surface area contributed by atoms with E-state index in [2.05, 4.69) is 0 Å². The minimum atomic E-state index is -0.497. The van der Waals surface area contributed by atoms with Gasteiger partial charge in [0.1, 0.15) is 11.7 Å². The predicted octanol–water partition coefficient (Wildman–Crippen LogP) is 1.03. The van der Waals surface area contributed by atoms with E-state index in [9.17, 15) is 9.59 Å². The SMILES string of the molecule is CC1OC(=O)CC1C1(C)CCC(=O)O1. The second-order valence-corrected chi connectivity index (χ2v) is 4.29. The van der Waals surface area contributed by atoms with Crippen LogP contribution in [-0.4, -0.2) is 23.6 Å². The summed E-state index contributed by atoms with van der Waals surface area (Å²) in [5, 5.41) is 0. The standard InChI is InChI=1S/C10H14O4/c1-6-7(5-9(12)13-6)10(2)4-3-8(11)14-10/h6-7H,3-5H2,1-2H3. The van der Waals surface area contributed by atoms with E-state index < -0.39 is 5.60 Å². The smallest absolute Gasteiger partial charge is 0.306 e. The molecule has 0 aliphatic carbocycles. The average Bonchev–Trinajstić information content (AvgIpc) is 2.57. The molecule has 0 aromatic rings.